The van der Waals surface area contributed by atoms with Crippen molar-refractivity contribution >= 4 is 62.5 Å². The number of aliphatic carboxylic acids is 2. The highest BCUT2D eigenvalue weighted by molar-refractivity contribution is 7.85. The van der Waals surface area contributed by atoms with Crippen LogP contribution in [0.4, 0.5) is 0 Å². The van der Waals surface area contributed by atoms with Crippen molar-refractivity contribution < 1.29 is 19.8 Å². The third-order valence-electron chi connectivity index (χ3n) is 5.06. The molecule has 4 nitrogen and oxygen atoms in total. The molecule has 0 amide bonds. The van der Waals surface area contributed by atoms with Crippen LogP contribution in [0.15, 0.2) is 0 Å². The van der Waals surface area contributed by atoms with Crippen LogP contribution < -0.4 is 0 Å². The number of carboxylic acid groups (broad SMARTS) is 2. The van der Waals surface area contributed by atoms with Crippen LogP contribution in [0.1, 0.15) is 71.6 Å². The van der Waals surface area contributed by atoms with Crippen molar-refractivity contribution in [1.82, 2.24) is 0 Å². The molecule has 0 spiro atoms. The number of thiol groups is 4. The molecule has 0 rings (SSSR count). The Kier molecular flexibility index (Phi) is 13.7. The van der Waals surface area contributed by atoms with Gasteiger partial charge in [0.2, 0.25) is 0 Å². The Morgan fingerprint density at radius 2 is 1.23 bits per heavy atom. The number of rotatable bonds is 15. The molecule has 4 atom stereocenters. The van der Waals surface area contributed by atoms with Gasteiger partial charge >= 0.3 is 11.9 Å². The van der Waals surface area contributed by atoms with Crippen molar-refractivity contribution in [2.75, 3.05) is 0 Å². The van der Waals surface area contributed by atoms with Crippen molar-refractivity contribution in [2.24, 2.45) is 5.41 Å². The fourth-order valence-corrected chi connectivity index (χ4v) is 4.03. The molecule has 0 saturated heterocycles. The zero-order valence-electron chi connectivity index (χ0n) is 15.7. The van der Waals surface area contributed by atoms with Gasteiger partial charge < -0.3 is 10.2 Å². The van der Waals surface area contributed by atoms with E-state index in [1.165, 1.54) is 0 Å². The van der Waals surface area contributed by atoms with E-state index >= 15 is 0 Å². The second-order valence-corrected chi connectivity index (χ2v) is 9.65. The van der Waals surface area contributed by atoms with Gasteiger partial charge in [-0.15, -0.1) is 0 Å². The van der Waals surface area contributed by atoms with E-state index in [1.54, 1.807) is 0 Å². The summed E-state index contributed by atoms with van der Waals surface area (Å²) in [6.45, 7) is 4.06. The van der Waals surface area contributed by atoms with E-state index in [4.69, 9.17) is 5.11 Å². The highest BCUT2D eigenvalue weighted by Gasteiger charge is 2.38. The maximum Gasteiger partial charge on any atom is 0.309 e. The van der Waals surface area contributed by atoms with E-state index in [-0.39, 0.29) is 27.4 Å². The van der Waals surface area contributed by atoms with Crippen LogP contribution in [0.25, 0.3) is 0 Å². The molecule has 26 heavy (non-hydrogen) atoms. The van der Waals surface area contributed by atoms with Crippen LogP contribution in [0.2, 0.25) is 0 Å². The quantitative estimate of drug-likeness (QED) is 0.204. The minimum Gasteiger partial charge on any atom is -0.481 e. The number of hydrogen-bond acceptors (Lipinski definition) is 6. The second kappa shape index (κ2) is 13.5. The first-order chi connectivity index (χ1) is 12.1. The molecule has 4 unspecified atom stereocenters. The normalized spacial score (nSPS) is 18.5. The summed E-state index contributed by atoms with van der Waals surface area (Å²) in [6, 6.07) is 0. The zero-order valence-corrected chi connectivity index (χ0v) is 19.3. The molecule has 0 bridgehead atoms. The molecule has 0 fully saturated rings. The van der Waals surface area contributed by atoms with Gasteiger partial charge in [-0.3, -0.25) is 9.59 Å². The van der Waals surface area contributed by atoms with Crippen molar-refractivity contribution in [3.05, 3.63) is 0 Å². The van der Waals surface area contributed by atoms with Crippen LogP contribution >= 0.6 is 50.5 Å². The fourth-order valence-electron chi connectivity index (χ4n) is 3.05. The van der Waals surface area contributed by atoms with Crippen LogP contribution in [0, 0.1) is 5.41 Å². The lowest BCUT2D eigenvalue weighted by atomic mass is 9.74. The van der Waals surface area contributed by atoms with Crippen molar-refractivity contribution in [3.63, 3.8) is 0 Å². The summed E-state index contributed by atoms with van der Waals surface area (Å²) in [5.41, 5.74) is -0.945. The topological polar surface area (TPSA) is 74.6 Å². The van der Waals surface area contributed by atoms with Crippen LogP contribution in [-0.2, 0) is 9.59 Å². The van der Waals surface area contributed by atoms with Gasteiger partial charge in [0, 0.05) is 27.4 Å². The van der Waals surface area contributed by atoms with Gasteiger partial charge in [-0.05, 0) is 51.4 Å². The lowest BCUT2D eigenvalue weighted by molar-refractivity contribution is -0.151. The Hall–Kier alpha value is 0.340. The minimum atomic E-state index is -0.945. The predicted octanol–water partition coefficient (Wildman–Crippen LogP) is 4.89. The van der Waals surface area contributed by atoms with Gasteiger partial charge in [-0.25, -0.2) is 0 Å². The van der Waals surface area contributed by atoms with Gasteiger partial charge in [0.05, 0.1) is 5.41 Å². The Bertz CT molecular complexity index is 413. The first-order valence-corrected chi connectivity index (χ1v) is 11.3. The number of hydrogen-bond donors (Lipinski definition) is 6. The molecule has 0 aliphatic carbocycles. The average molecular weight is 443 g/mol. The molecule has 2 N–H and O–H groups in total. The average Bonchev–Trinajstić information content (AvgIpc) is 2.60. The van der Waals surface area contributed by atoms with E-state index in [9.17, 15) is 14.7 Å². The second-order valence-electron chi connectivity index (χ2n) is 7.00. The standard InChI is InChI=1S/C18H34O4S4/c1-3-12(23)14(25)7-10-18(17(21)22,9-5-6-16(19)20)11-8-15(26)13(24)4-2/h12-15,23-26H,3-11H2,1-2H3,(H,19,20)(H,21,22). The summed E-state index contributed by atoms with van der Waals surface area (Å²) in [5.74, 6) is -1.75. The third kappa shape index (κ3) is 9.51. The van der Waals surface area contributed by atoms with E-state index in [2.05, 4.69) is 50.5 Å². The summed E-state index contributed by atoms with van der Waals surface area (Å²) in [4.78, 5) is 23.0. The van der Waals surface area contributed by atoms with Gasteiger partial charge in [0.25, 0.3) is 0 Å². The molecule has 8 heteroatoms. The Morgan fingerprint density at radius 3 is 1.54 bits per heavy atom. The molecule has 0 aromatic heterocycles. The van der Waals surface area contributed by atoms with E-state index < -0.39 is 17.4 Å². The van der Waals surface area contributed by atoms with Gasteiger partial charge in [0.1, 0.15) is 0 Å². The van der Waals surface area contributed by atoms with Crippen molar-refractivity contribution in [1.29, 1.82) is 0 Å². The lowest BCUT2D eigenvalue weighted by Gasteiger charge is -2.32. The Morgan fingerprint density at radius 1 is 0.808 bits per heavy atom. The molecule has 0 heterocycles. The molecule has 0 aliphatic rings. The number of carboxylic acids is 2. The maximum atomic E-state index is 12.2. The number of carbonyl (C=O) groups is 2. The van der Waals surface area contributed by atoms with Crippen LogP contribution in [0.3, 0.4) is 0 Å². The van der Waals surface area contributed by atoms with Crippen molar-refractivity contribution in [3.8, 4) is 0 Å². The highest BCUT2D eigenvalue weighted by Crippen LogP contribution is 2.39. The van der Waals surface area contributed by atoms with E-state index in [0.29, 0.717) is 38.5 Å². The smallest absolute Gasteiger partial charge is 0.309 e. The Labute approximate surface area is 179 Å². The van der Waals surface area contributed by atoms with Crippen molar-refractivity contribution in [2.45, 2.75) is 92.6 Å². The van der Waals surface area contributed by atoms with E-state index in [0.717, 1.165) is 12.8 Å². The molecular formula is C18H34O4S4. The first kappa shape index (κ1) is 26.3. The highest BCUT2D eigenvalue weighted by atomic mass is 32.1. The zero-order chi connectivity index (χ0) is 20.3. The maximum absolute atomic E-state index is 12.2. The summed E-state index contributed by atoms with van der Waals surface area (Å²) in [5, 5.41) is 19.1. The molecule has 0 radical (unpaired) electrons. The van der Waals surface area contributed by atoms with Crippen LogP contribution in [0.5, 0.6) is 0 Å². The summed E-state index contributed by atoms with van der Waals surface area (Å²) >= 11 is 18.2. The summed E-state index contributed by atoms with van der Waals surface area (Å²) < 4.78 is 0. The monoisotopic (exact) mass is 442 g/mol. The molecule has 0 aromatic rings. The summed E-state index contributed by atoms with van der Waals surface area (Å²) in [7, 11) is 0. The van der Waals surface area contributed by atoms with Gasteiger partial charge in [0.15, 0.2) is 0 Å². The van der Waals surface area contributed by atoms with Gasteiger partial charge in [-0.1, -0.05) is 13.8 Å². The van der Waals surface area contributed by atoms with Crippen LogP contribution in [-0.4, -0.2) is 43.2 Å². The lowest BCUT2D eigenvalue weighted by Crippen LogP contribution is -2.34. The third-order valence-corrected chi connectivity index (χ3v) is 8.22. The molecule has 0 aliphatic heterocycles. The van der Waals surface area contributed by atoms with E-state index in [1.807, 2.05) is 13.8 Å². The molecule has 0 saturated carbocycles. The molecule has 0 aromatic carbocycles. The minimum absolute atomic E-state index is 0.0154. The summed E-state index contributed by atoms with van der Waals surface area (Å²) in [6.07, 6.45) is 4.64. The first-order valence-electron chi connectivity index (χ1n) is 9.27. The molecular weight excluding hydrogens is 408 g/mol. The SMILES string of the molecule is CCC(S)C(S)CCC(CCCC(=O)O)(CCC(S)C(S)CC)C(=O)O. The molecule has 154 valence electrons. The fraction of sp³-hybridized carbons (Fsp3) is 0.889. The Balaban J connectivity index is 5.15. The predicted molar refractivity (Wildman–Crippen MR) is 122 cm³/mol. The van der Waals surface area contributed by atoms with Gasteiger partial charge in [-0.2, -0.15) is 50.5 Å². The largest absolute Gasteiger partial charge is 0.481 e.